The lowest BCUT2D eigenvalue weighted by Gasteiger charge is -2.24. The molecule has 3 rings (SSSR count). The molecular formula is C18H20N2OS. The van der Waals surface area contributed by atoms with E-state index in [4.69, 9.17) is 0 Å². The van der Waals surface area contributed by atoms with E-state index in [0.29, 0.717) is 6.54 Å². The first kappa shape index (κ1) is 15.1. The van der Waals surface area contributed by atoms with Gasteiger partial charge in [0.25, 0.3) is 0 Å². The second-order valence-corrected chi connectivity index (χ2v) is 6.64. The van der Waals surface area contributed by atoms with Gasteiger partial charge in [-0.3, -0.25) is 4.99 Å². The molecule has 1 N–H and O–H groups in total. The number of benzene rings is 2. The molecule has 0 spiro atoms. The number of aliphatic hydroxyl groups is 1. The summed E-state index contributed by atoms with van der Waals surface area (Å²) in [5.74, 6) is 0. The number of nitrogens with zero attached hydrogens (tertiary/aromatic N) is 2. The van der Waals surface area contributed by atoms with Gasteiger partial charge >= 0.3 is 0 Å². The third-order valence-electron chi connectivity index (χ3n) is 3.61. The van der Waals surface area contributed by atoms with Crippen LogP contribution in [0.5, 0.6) is 0 Å². The molecule has 1 aliphatic rings. The summed E-state index contributed by atoms with van der Waals surface area (Å²) in [5, 5.41) is 10.6. The Labute approximate surface area is 135 Å². The van der Waals surface area contributed by atoms with E-state index in [9.17, 15) is 5.11 Å². The predicted octanol–water partition coefficient (Wildman–Crippen LogP) is 3.15. The van der Waals surface area contributed by atoms with Gasteiger partial charge in [0.1, 0.15) is 0 Å². The van der Waals surface area contributed by atoms with Crippen molar-refractivity contribution in [1.82, 2.24) is 4.90 Å². The number of amidine groups is 1. The van der Waals surface area contributed by atoms with Crippen LogP contribution < -0.4 is 0 Å². The third-order valence-corrected chi connectivity index (χ3v) is 4.84. The molecule has 4 heteroatoms. The molecule has 0 aliphatic carbocycles. The molecule has 1 atom stereocenters. The highest BCUT2D eigenvalue weighted by molar-refractivity contribution is 8.14. The molecule has 114 valence electrons. The maximum atomic E-state index is 9.33. The molecule has 0 saturated heterocycles. The van der Waals surface area contributed by atoms with Crippen LogP contribution in [-0.2, 0) is 13.1 Å². The maximum Gasteiger partial charge on any atom is 0.160 e. The summed E-state index contributed by atoms with van der Waals surface area (Å²) in [5.41, 5.74) is 2.54. The summed E-state index contributed by atoms with van der Waals surface area (Å²) in [6, 6.07) is 20.9. The lowest BCUT2D eigenvalue weighted by molar-refractivity contribution is 0.297. The van der Waals surface area contributed by atoms with Gasteiger partial charge in [0.2, 0.25) is 0 Å². The molecule has 0 saturated carbocycles. The van der Waals surface area contributed by atoms with Crippen molar-refractivity contribution in [2.75, 3.05) is 13.2 Å². The molecule has 1 aliphatic heterocycles. The van der Waals surface area contributed by atoms with E-state index in [-0.39, 0.29) is 11.9 Å². The van der Waals surface area contributed by atoms with Crippen LogP contribution in [0.2, 0.25) is 0 Å². The number of thioether (sulfide) groups is 1. The molecule has 2 aromatic rings. The summed E-state index contributed by atoms with van der Waals surface area (Å²) in [6.45, 7) is 2.55. The molecule has 1 unspecified atom stereocenters. The van der Waals surface area contributed by atoms with Gasteiger partial charge in [-0.1, -0.05) is 72.4 Å². The second kappa shape index (κ2) is 7.47. The van der Waals surface area contributed by atoms with Crippen LogP contribution in [-0.4, -0.2) is 33.6 Å². The molecule has 0 aromatic heterocycles. The maximum absolute atomic E-state index is 9.33. The highest BCUT2D eigenvalue weighted by Crippen LogP contribution is 2.25. The minimum absolute atomic E-state index is 0.183. The number of aliphatic hydroxyl groups excluding tert-OH is 1. The largest absolute Gasteiger partial charge is 0.395 e. The minimum atomic E-state index is 0.183. The van der Waals surface area contributed by atoms with Gasteiger partial charge in [0.05, 0.1) is 18.4 Å². The molecule has 0 amide bonds. The van der Waals surface area contributed by atoms with Crippen LogP contribution in [0.15, 0.2) is 65.7 Å². The van der Waals surface area contributed by atoms with E-state index in [1.165, 1.54) is 11.1 Å². The fraction of sp³-hybridized carbons (Fsp3) is 0.278. The van der Waals surface area contributed by atoms with Crippen LogP contribution in [0.1, 0.15) is 11.1 Å². The highest BCUT2D eigenvalue weighted by Gasteiger charge is 2.23. The first-order valence-electron chi connectivity index (χ1n) is 7.50. The average Bonchev–Trinajstić information content (AvgIpc) is 3.05. The highest BCUT2D eigenvalue weighted by atomic mass is 32.2. The monoisotopic (exact) mass is 312 g/mol. The van der Waals surface area contributed by atoms with Gasteiger partial charge in [0, 0.05) is 13.1 Å². The number of hydrogen-bond acceptors (Lipinski definition) is 4. The molecule has 2 aromatic carbocycles. The van der Waals surface area contributed by atoms with Crippen LogP contribution in [0.3, 0.4) is 0 Å². The standard InChI is InChI=1S/C18H20N2OS/c21-14-17-11-19-18(22-17)20(12-15-7-3-1-4-8-15)13-16-9-5-2-6-10-16/h1-10,17,21H,11-14H2. The van der Waals surface area contributed by atoms with Gasteiger partial charge in [-0.15, -0.1) is 0 Å². The Balaban J connectivity index is 1.76. The van der Waals surface area contributed by atoms with Crippen LogP contribution >= 0.6 is 11.8 Å². The molecule has 22 heavy (non-hydrogen) atoms. The van der Waals surface area contributed by atoms with Crippen LogP contribution in [0.4, 0.5) is 0 Å². The average molecular weight is 312 g/mol. The Kier molecular flexibility index (Phi) is 5.14. The van der Waals surface area contributed by atoms with Crippen molar-refractivity contribution in [1.29, 1.82) is 0 Å². The Hall–Kier alpha value is -1.78. The van der Waals surface area contributed by atoms with E-state index >= 15 is 0 Å². The van der Waals surface area contributed by atoms with E-state index in [1.807, 2.05) is 12.1 Å². The lowest BCUT2D eigenvalue weighted by atomic mass is 10.2. The Morgan fingerprint density at radius 3 is 1.95 bits per heavy atom. The third kappa shape index (κ3) is 3.90. The topological polar surface area (TPSA) is 35.8 Å². The fourth-order valence-electron chi connectivity index (χ4n) is 2.47. The quantitative estimate of drug-likeness (QED) is 0.921. The zero-order valence-corrected chi connectivity index (χ0v) is 13.2. The van der Waals surface area contributed by atoms with E-state index in [1.54, 1.807) is 11.8 Å². The molecule has 0 radical (unpaired) electrons. The normalized spacial score (nSPS) is 17.3. The smallest absolute Gasteiger partial charge is 0.160 e. The van der Waals surface area contributed by atoms with E-state index < -0.39 is 0 Å². The SMILES string of the molecule is OCC1CN=C(N(Cc2ccccc2)Cc2ccccc2)S1. The summed E-state index contributed by atoms with van der Waals surface area (Å²) < 4.78 is 0. The van der Waals surface area contributed by atoms with Crippen molar-refractivity contribution < 1.29 is 5.11 Å². The molecule has 0 bridgehead atoms. The van der Waals surface area contributed by atoms with Gasteiger partial charge < -0.3 is 10.0 Å². The molecule has 1 heterocycles. The number of hydrogen-bond donors (Lipinski definition) is 1. The van der Waals surface area contributed by atoms with Gasteiger partial charge in [-0.05, 0) is 11.1 Å². The molecular weight excluding hydrogens is 292 g/mol. The lowest BCUT2D eigenvalue weighted by Crippen LogP contribution is -2.27. The van der Waals surface area contributed by atoms with Crippen molar-refractivity contribution in [2.24, 2.45) is 4.99 Å². The van der Waals surface area contributed by atoms with Gasteiger partial charge in [-0.2, -0.15) is 0 Å². The minimum Gasteiger partial charge on any atom is -0.395 e. The van der Waals surface area contributed by atoms with Gasteiger partial charge in [-0.25, -0.2) is 0 Å². The summed E-state index contributed by atoms with van der Waals surface area (Å²) in [7, 11) is 0. The van der Waals surface area contributed by atoms with Crippen LogP contribution in [0, 0.1) is 0 Å². The summed E-state index contributed by atoms with van der Waals surface area (Å²) in [4.78, 5) is 6.92. The zero-order valence-electron chi connectivity index (χ0n) is 12.4. The Bertz CT molecular complexity index is 574. The number of aliphatic imine (C=N–C) groups is 1. The zero-order chi connectivity index (χ0) is 15.2. The number of rotatable bonds is 5. The van der Waals surface area contributed by atoms with Crippen molar-refractivity contribution in [3.05, 3.63) is 71.8 Å². The Morgan fingerprint density at radius 1 is 0.955 bits per heavy atom. The summed E-state index contributed by atoms with van der Waals surface area (Å²) >= 11 is 1.68. The first-order valence-corrected chi connectivity index (χ1v) is 8.38. The molecule has 0 fully saturated rings. The van der Waals surface area contributed by atoms with Crippen molar-refractivity contribution >= 4 is 16.9 Å². The Morgan fingerprint density at radius 2 is 1.50 bits per heavy atom. The van der Waals surface area contributed by atoms with Crippen molar-refractivity contribution in [3.63, 3.8) is 0 Å². The second-order valence-electron chi connectivity index (χ2n) is 5.37. The summed E-state index contributed by atoms with van der Waals surface area (Å²) in [6.07, 6.45) is 0. The van der Waals surface area contributed by atoms with Crippen molar-refractivity contribution in [3.8, 4) is 0 Å². The fourth-order valence-corrected chi connectivity index (χ4v) is 3.42. The van der Waals surface area contributed by atoms with E-state index in [0.717, 1.165) is 18.3 Å². The van der Waals surface area contributed by atoms with Gasteiger partial charge in [0.15, 0.2) is 5.17 Å². The first-order chi connectivity index (χ1) is 10.8. The van der Waals surface area contributed by atoms with Crippen molar-refractivity contribution in [2.45, 2.75) is 18.3 Å². The van der Waals surface area contributed by atoms with E-state index in [2.05, 4.69) is 58.4 Å². The predicted molar refractivity (Wildman–Crippen MR) is 92.9 cm³/mol. The molecule has 3 nitrogen and oxygen atoms in total. The van der Waals surface area contributed by atoms with Crippen LogP contribution in [0.25, 0.3) is 0 Å².